The molecule has 0 aliphatic carbocycles. The molecule has 2 aromatic carbocycles. The highest BCUT2D eigenvalue weighted by Crippen LogP contribution is 2.25. The molecular formula is C18H21N3O. The van der Waals surface area contributed by atoms with Crippen LogP contribution in [-0.4, -0.2) is 30.0 Å². The topological polar surface area (TPSA) is 39.1 Å². The Balaban J connectivity index is 1.84. The first-order valence-electron chi connectivity index (χ1n) is 7.65. The summed E-state index contributed by atoms with van der Waals surface area (Å²) >= 11 is 0. The lowest BCUT2D eigenvalue weighted by molar-refractivity contribution is 0.297. The number of nitrogens with zero attached hydrogens (tertiary/aromatic N) is 2. The van der Waals surface area contributed by atoms with Gasteiger partial charge in [-0.15, -0.1) is 5.10 Å². The minimum Gasteiger partial charge on any atom is -0.476 e. The van der Waals surface area contributed by atoms with E-state index in [0.717, 1.165) is 36.3 Å². The smallest absolute Gasteiger partial charge is 0.240 e. The molecule has 3 aromatic rings. The van der Waals surface area contributed by atoms with Crippen molar-refractivity contribution in [2.24, 2.45) is 0 Å². The summed E-state index contributed by atoms with van der Waals surface area (Å²) in [6.07, 6.45) is 0.969. The Labute approximate surface area is 130 Å². The normalized spacial score (nSPS) is 11.0. The van der Waals surface area contributed by atoms with Gasteiger partial charge in [0, 0.05) is 0 Å². The summed E-state index contributed by atoms with van der Waals surface area (Å²) in [6, 6.07) is 18.6. The van der Waals surface area contributed by atoms with Crippen molar-refractivity contribution in [2.45, 2.75) is 13.0 Å². The van der Waals surface area contributed by atoms with E-state index >= 15 is 0 Å². The van der Waals surface area contributed by atoms with Gasteiger partial charge >= 0.3 is 0 Å². The Morgan fingerprint density at radius 1 is 1.05 bits per heavy atom. The van der Waals surface area contributed by atoms with Gasteiger partial charge in [-0.05, 0) is 37.7 Å². The molecule has 0 fully saturated rings. The van der Waals surface area contributed by atoms with Crippen molar-refractivity contribution in [3.05, 3.63) is 60.2 Å². The van der Waals surface area contributed by atoms with Crippen molar-refractivity contribution in [1.82, 2.24) is 15.1 Å². The minimum atomic E-state index is 0.674. The van der Waals surface area contributed by atoms with E-state index in [1.54, 1.807) is 0 Å². The summed E-state index contributed by atoms with van der Waals surface area (Å²) in [5.41, 5.74) is 2.34. The van der Waals surface area contributed by atoms with Crippen LogP contribution in [0.25, 0.3) is 10.9 Å². The predicted octanol–water partition coefficient (Wildman–Crippen LogP) is 3.07. The van der Waals surface area contributed by atoms with Crippen LogP contribution in [0, 0.1) is 0 Å². The van der Waals surface area contributed by atoms with E-state index in [9.17, 15) is 0 Å². The molecule has 0 bridgehead atoms. The first kappa shape index (κ1) is 14.6. The van der Waals surface area contributed by atoms with Crippen molar-refractivity contribution in [3.8, 4) is 5.88 Å². The Hall–Kier alpha value is -2.33. The second-order valence-electron chi connectivity index (χ2n) is 5.27. The lowest BCUT2D eigenvalue weighted by atomic mass is 10.2. The molecule has 1 N–H and O–H groups in total. The monoisotopic (exact) mass is 295 g/mol. The Bertz CT molecular complexity index is 722. The van der Waals surface area contributed by atoms with Crippen molar-refractivity contribution < 1.29 is 4.74 Å². The Kier molecular flexibility index (Phi) is 4.71. The number of fused-ring (bicyclic) bond motifs is 1. The number of hydrogen-bond donors (Lipinski definition) is 1. The van der Waals surface area contributed by atoms with Crippen molar-refractivity contribution in [2.75, 3.05) is 20.2 Å². The van der Waals surface area contributed by atoms with Crippen LogP contribution in [0.3, 0.4) is 0 Å². The molecule has 0 saturated heterocycles. The minimum absolute atomic E-state index is 0.674. The second-order valence-corrected chi connectivity index (χ2v) is 5.27. The third-order valence-corrected chi connectivity index (χ3v) is 3.61. The summed E-state index contributed by atoms with van der Waals surface area (Å²) in [5.74, 6) is 0.725. The van der Waals surface area contributed by atoms with Crippen LogP contribution in [0.1, 0.15) is 12.0 Å². The van der Waals surface area contributed by atoms with E-state index in [2.05, 4.69) is 46.8 Å². The van der Waals surface area contributed by atoms with Crippen LogP contribution in [0.4, 0.5) is 0 Å². The molecule has 0 aliphatic rings. The molecule has 1 aromatic heterocycles. The molecule has 22 heavy (non-hydrogen) atoms. The van der Waals surface area contributed by atoms with Gasteiger partial charge in [0.25, 0.3) is 0 Å². The molecule has 114 valence electrons. The highest BCUT2D eigenvalue weighted by molar-refractivity contribution is 5.84. The number of rotatable bonds is 7. The zero-order valence-electron chi connectivity index (χ0n) is 12.8. The van der Waals surface area contributed by atoms with Crippen LogP contribution < -0.4 is 10.1 Å². The summed E-state index contributed by atoms with van der Waals surface area (Å²) in [6.45, 7) is 2.37. The highest BCUT2D eigenvalue weighted by atomic mass is 16.5. The lowest BCUT2D eigenvalue weighted by Crippen LogP contribution is -2.11. The van der Waals surface area contributed by atoms with Crippen LogP contribution in [0.5, 0.6) is 5.88 Å². The van der Waals surface area contributed by atoms with Crippen molar-refractivity contribution in [3.63, 3.8) is 0 Å². The van der Waals surface area contributed by atoms with Gasteiger partial charge in [0.2, 0.25) is 5.88 Å². The summed E-state index contributed by atoms with van der Waals surface area (Å²) < 4.78 is 7.88. The van der Waals surface area contributed by atoms with E-state index in [1.165, 1.54) is 5.56 Å². The molecule has 0 spiro atoms. The summed E-state index contributed by atoms with van der Waals surface area (Å²) in [7, 11) is 1.95. The fourth-order valence-electron chi connectivity index (χ4n) is 2.50. The molecular weight excluding hydrogens is 274 g/mol. The fourth-order valence-corrected chi connectivity index (χ4v) is 2.50. The van der Waals surface area contributed by atoms with Gasteiger partial charge in [0.15, 0.2) is 0 Å². The maximum Gasteiger partial charge on any atom is 0.240 e. The van der Waals surface area contributed by atoms with Crippen LogP contribution in [0.15, 0.2) is 54.6 Å². The average molecular weight is 295 g/mol. The van der Waals surface area contributed by atoms with Gasteiger partial charge in [0.1, 0.15) is 0 Å². The van der Waals surface area contributed by atoms with Gasteiger partial charge in [-0.2, -0.15) is 0 Å². The largest absolute Gasteiger partial charge is 0.476 e. The molecule has 3 rings (SSSR count). The zero-order chi connectivity index (χ0) is 15.2. The third kappa shape index (κ3) is 3.28. The Morgan fingerprint density at radius 3 is 2.64 bits per heavy atom. The van der Waals surface area contributed by atoms with E-state index < -0.39 is 0 Å². The zero-order valence-corrected chi connectivity index (χ0v) is 12.8. The molecule has 0 atom stereocenters. The van der Waals surface area contributed by atoms with Gasteiger partial charge < -0.3 is 10.1 Å². The molecule has 0 saturated carbocycles. The number of benzene rings is 2. The number of para-hydroxylation sites is 1. The summed E-state index contributed by atoms with van der Waals surface area (Å²) in [4.78, 5) is 0. The highest BCUT2D eigenvalue weighted by Gasteiger charge is 2.11. The van der Waals surface area contributed by atoms with E-state index in [0.29, 0.717) is 6.61 Å². The molecule has 0 amide bonds. The number of hydrogen-bond acceptors (Lipinski definition) is 3. The fraction of sp³-hybridized carbons (Fsp3) is 0.278. The van der Waals surface area contributed by atoms with Crippen molar-refractivity contribution in [1.29, 1.82) is 0 Å². The van der Waals surface area contributed by atoms with E-state index in [-0.39, 0.29) is 0 Å². The Morgan fingerprint density at radius 2 is 1.82 bits per heavy atom. The predicted molar refractivity (Wildman–Crippen MR) is 89.3 cm³/mol. The van der Waals surface area contributed by atoms with Crippen LogP contribution >= 0.6 is 0 Å². The van der Waals surface area contributed by atoms with E-state index in [1.807, 2.05) is 29.9 Å². The maximum atomic E-state index is 5.87. The summed E-state index contributed by atoms with van der Waals surface area (Å²) in [5, 5.41) is 8.85. The van der Waals surface area contributed by atoms with Gasteiger partial charge in [-0.3, -0.25) is 4.68 Å². The molecule has 0 unspecified atom stereocenters. The standard InChI is InChI=1S/C18H21N3O/c1-19-12-7-13-22-18-16-10-5-6-11-17(16)21(20-18)14-15-8-3-2-4-9-15/h2-6,8-11,19H,7,12-14H2,1H3. The van der Waals surface area contributed by atoms with Crippen molar-refractivity contribution >= 4 is 10.9 Å². The molecule has 0 radical (unpaired) electrons. The average Bonchev–Trinajstić information content (AvgIpc) is 2.91. The van der Waals surface area contributed by atoms with Gasteiger partial charge in [-0.1, -0.05) is 42.5 Å². The van der Waals surface area contributed by atoms with Crippen LogP contribution in [-0.2, 0) is 6.54 Å². The number of ether oxygens (including phenoxy) is 1. The SMILES string of the molecule is CNCCCOc1nn(Cc2ccccc2)c2ccccc12. The molecule has 0 aliphatic heterocycles. The van der Waals surface area contributed by atoms with Gasteiger partial charge in [-0.25, -0.2) is 0 Å². The number of aromatic nitrogens is 2. The number of nitrogens with one attached hydrogen (secondary N) is 1. The first-order valence-corrected chi connectivity index (χ1v) is 7.65. The quantitative estimate of drug-likeness (QED) is 0.681. The molecule has 4 nitrogen and oxygen atoms in total. The van der Waals surface area contributed by atoms with Crippen LogP contribution in [0.2, 0.25) is 0 Å². The first-order chi connectivity index (χ1) is 10.9. The molecule has 4 heteroatoms. The molecule has 1 heterocycles. The second kappa shape index (κ2) is 7.09. The maximum absolute atomic E-state index is 5.87. The lowest BCUT2D eigenvalue weighted by Gasteiger charge is -2.03. The van der Waals surface area contributed by atoms with Gasteiger partial charge in [0.05, 0.1) is 24.1 Å². The van der Waals surface area contributed by atoms with E-state index in [4.69, 9.17) is 4.74 Å². The third-order valence-electron chi connectivity index (χ3n) is 3.61.